The zero-order valence-corrected chi connectivity index (χ0v) is 18.8. The molecule has 1 aromatic carbocycles. The smallest absolute Gasteiger partial charge is 0.146 e. The molecule has 3 heterocycles. The summed E-state index contributed by atoms with van der Waals surface area (Å²) in [7, 11) is 0. The Hall–Kier alpha value is -3.34. The van der Waals surface area contributed by atoms with Gasteiger partial charge in [-0.15, -0.1) is 0 Å². The number of aromatic nitrogens is 2. The highest BCUT2D eigenvalue weighted by Crippen LogP contribution is 2.30. The largest absolute Gasteiger partial charge is 0.489 e. The second-order valence-electron chi connectivity index (χ2n) is 7.53. The fraction of sp³-hybridized carbons (Fsp3) is 0.217. The van der Waals surface area contributed by atoms with Crippen LogP contribution < -0.4 is 15.4 Å². The molecule has 9 heteroatoms. The van der Waals surface area contributed by atoms with E-state index in [9.17, 15) is 5.26 Å². The number of ether oxygens (including phenoxy) is 1. The van der Waals surface area contributed by atoms with Gasteiger partial charge >= 0.3 is 0 Å². The number of nitrogens with two attached hydrogens (primary N) is 1. The molecule has 1 atom stereocenters. The van der Waals surface area contributed by atoms with E-state index in [0.29, 0.717) is 55.6 Å². The van der Waals surface area contributed by atoms with Gasteiger partial charge in [0.1, 0.15) is 24.2 Å². The molecular weight excluding hydrogens is 447 g/mol. The summed E-state index contributed by atoms with van der Waals surface area (Å²) in [6.07, 6.45) is 5.68. The molecule has 32 heavy (non-hydrogen) atoms. The number of rotatable bonds is 6. The van der Waals surface area contributed by atoms with E-state index in [1.165, 1.54) is 12.4 Å². The SMILES string of the molecule is C[C@H]1CCN1c1ncc(C(=N)c2cc(OCc3c(Cl)cncc3Cl)ccc2N)cc1C#N. The Morgan fingerprint density at radius 2 is 2.03 bits per heavy atom. The molecule has 4 rings (SSSR count). The van der Waals surface area contributed by atoms with Crippen LogP contribution in [0.1, 0.15) is 35.6 Å². The van der Waals surface area contributed by atoms with Crippen molar-refractivity contribution in [3.8, 4) is 11.8 Å². The Balaban J connectivity index is 1.58. The molecule has 0 aliphatic carbocycles. The van der Waals surface area contributed by atoms with Crippen molar-refractivity contribution in [2.45, 2.75) is 26.0 Å². The van der Waals surface area contributed by atoms with E-state index in [1.54, 1.807) is 30.5 Å². The summed E-state index contributed by atoms with van der Waals surface area (Å²) < 4.78 is 5.84. The highest BCUT2D eigenvalue weighted by molar-refractivity contribution is 6.35. The molecule has 3 aromatic rings. The van der Waals surface area contributed by atoms with Crippen LogP contribution in [0.5, 0.6) is 5.75 Å². The molecule has 1 saturated heterocycles. The molecule has 0 bridgehead atoms. The van der Waals surface area contributed by atoms with Gasteiger partial charge in [0.2, 0.25) is 0 Å². The normalized spacial score (nSPS) is 15.1. The van der Waals surface area contributed by atoms with Crippen LogP contribution in [0.4, 0.5) is 11.5 Å². The van der Waals surface area contributed by atoms with Crippen LogP contribution in [0.25, 0.3) is 0 Å². The monoisotopic (exact) mass is 466 g/mol. The number of halogens is 2. The quantitative estimate of drug-likeness (QED) is 0.397. The van der Waals surface area contributed by atoms with Gasteiger partial charge in [-0.1, -0.05) is 23.2 Å². The van der Waals surface area contributed by atoms with Gasteiger partial charge in [0, 0.05) is 53.6 Å². The Morgan fingerprint density at radius 1 is 1.28 bits per heavy atom. The van der Waals surface area contributed by atoms with Gasteiger partial charge in [-0.25, -0.2) is 4.98 Å². The average molecular weight is 467 g/mol. The van der Waals surface area contributed by atoms with E-state index >= 15 is 0 Å². The first-order valence-electron chi connectivity index (χ1n) is 9.95. The van der Waals surface area contributed by atoms with Gasteiger partial charge in [-0.05, 0) is 37.6 Å². The molecule has 7 nitrogen and oxygen atoms in total. The molecule has 0 unspecified atom stereocenters. The first-order chi connectivity index (χ1) is 15.4. The van der Waals surface area contributed by atoms with E-state index in [4.69, 9.17) is 39.1 Å². The van der Waals surface area contributed by atoms with Gasteiger partial charge < -0.3 is 15.4 Å². The number of nitrogens with one attached hydrogen (secondary N) is 1. The third-order valence-electron chi connectivity index (χ3n) is 5.50. The van der Waals surface area contributed by atoms with Crippen molar-refractivity contribution in [3.63, 3.8) is 0 Å². The summed E-state index contributed by atoms with van der Waals surface area (Å²) >= 11 is 12.3. The lowest BCUT2D eigenvalue weighted by Gasteiger charge is -2.40. The fourth-order valence-electron chi connectivity index (χ4n) is 3.47. The average Bonchev–Trinajstić information content (AvgIpc) is 2.78. The Kier molecular flexibility index (Phi) is 6.17. The van der Waals surface area contributed by atoms with Gasteiger partial charge in [0.15, 0.2) is 0 Å². The Morgan fingerprint density at radius 3 is 2.66 bits per heavy atom. The number of nitrogen functional groups attached to an aromatic ring is 1. The number of nitrogens with zero attached hydrogens (tertiary/aromatic N) is 4. The molecule has 1 aliphatic rings. The van der Waals surface area contributed by atoms with E-state index in [1.807, 2.05) is 0 Å². The van der Waals surface area contributed by atoms with Crippen LogP contribution in [-0.4, -0.2) is 28.3 Å². The maximum Gasteiger partial charge on any atom is 0.146 e. The van der Waals surface area contributed by atoms with Crippen LogP contribution in [-0.2, 0) is 6.61 Å². The lowest BCUT2D eigenvalue weighted by Crippen LogP contribution is -2.46. The maximum absolute atomic E-state index is 9.61. The number of hydrogen-bond acceptors (Lipinski definition) is 7. The zero-order chi connectivity index (χ0) is 22.8. The molecule has 162 valence electrons. The topological polar surface area (TPSA) is 112 Å². The predicted molar refractivity (Wildman–Crippen MR) is 126 cm³/mol. The van der Waals surface area contributed by atoms with Crippen molar-refractivity contribution in [1.29, 1.82) is 10.7 Å². The minimum absolute atomic E-state index is 0.139. The molecule has 1 fully saturated rings. The summed E-state index contributed by atoms with van der Waals surface area (Å²) in [5, 5.41) is 19.1. The van der Waals surface area contributed by atoms with Crippen LogP contribution in [0, 0.1) is 16.7 Å². The van der Waals surface area contributed by atoms with Crippen LogP contribution >= 0.6 is 23.2 Å². The van der Waals surface area contributed by atoms with Crippen LogP contribution in [0.2, 0.25) is 10.0 Å². The standard InChI is InChI=1S/C23H20Cl2N6O/c1-13-4-5-31(13)23-14(8-26)6-15(9-30-23)22(28)17-7-16(2-3-21(17)27)32-12-18-19(24)10-29-11-20(18)25/h2-3,6-7,9-11,13,28H,4-5,12,27H2,1H3/t13-/m0/s1. The van der Waals surface area contributed by atoms with Crippen LogP contribution in [0.15, 0.2) is 42.9 Å². The highest BCUT2D eigenvalue weighted by Gasteiger charge is 2.27. The summed E-state index contributed by atoms with van der Waals surface area (Å²) in [4.78, 5) is 10.5. The molecule has 1 aliphatic heterocycles. The number of pyridine rings is 2. The van der Waals surface area contributed by atoms with Gasteiger partial charge in [-0.3, -0.25) is 10.4 Å². The van der Waals surface area contributed by atoms with Crippen LogP contribution in [0.3, 0.4) is 0 Å². The van der Waals surface area contributed by atoms with Crippen molar-refractivity contribution >= 4 is 40.4 Å². The first kappa shape index (κ1) is 21.9. The third kappa shape index (κ3) is 4.20. The Labute approximate surface area is 195 Å². The lowest BCUT2D eigenvalue weighted by atomic mass is 9.99. The third-order valence-corrected chi connectivity index (χ3v) is 6.15. The number of hydrogen-bond donors (Lipinski definition) is 2. The fourth-order valence-corrected chi connectivity index (χ4v) is 3.94. The van der Waals surface area contributed by atoms with Gasteiger partial charge in [-0.2, -0.15) is 5.26 Å². The first-order valence-corrected chi connectivity index (χ1v) is 10.7. The minimum atomic E-state index is 0.139. The summed E-state index contributed by atoms with van der Waals surface area (Å²) in [6, 6.07) is 9.29. The maximum atomic E-state index is 9.61. The lowest BCUT2D eigenvalue weighted by molar-refractivity contribution is 0.306. The molecule has 0 amide bonds. The summed E-state index contributed by atoms with van der Waals surface area (Å²) in [5.74, 6) is 1.15. The highest BCUT2D eigenvalue weighted by atomic mass is 35.5. The number of benzene rings is 1. The number of anilines is 2. The minimum Gasteiger partial charge on any atom is -0.489 e. The molecule has 2 aromatic heterocycles. The molecule has 0 radical (unpaired) electrons. The van der Waals surface area contributed by atoms with Gasteiger partial charge in [0.25, 0.3) is 0 Å². The van der Waals surface area contributed by atoms with Crippen molar-refractivity contribution < 1.29 is 4.74 Å². The second-order valence-corrected chi connectivity index (χ2v) is 8.35. The molecule has 3 N–H and O–H groups in total. The summed E-state index contributed by atoms with van der Waals surface area (Å²) in [5.41, 5.74) is 8.75. The molecule has 0 spiro atoms. The van der Waals surface area contributed by atoms with Gasteiger partial charge in [0.05, 0.1) is 21.3 Å². The van der Waals surface area contributed by atoms with E-state index in [-0.39, 0.29) is 12.3 Å². The molecular formula is C23H20Cl2N6O. The number of nitriles is 1. The van der Waals surface area contributed by atoms with Crippen molar-refractivity contribution in [1.82, 2.24) is 9.97 Å². The van der Waals surface area contributed by atoms with E-state index < -0.39 is 0 Å². The van der Waals surface area contributed by atoms with E-state index in [2.05, 4.69) is 27.9 Å². The van der Waals surface area contributed by atoms with Crippen molar-refractivity contribution in [2.24, 2.45) is 0 Å². The zero-order valence-electron chi connectivity index (χ0n) is 17.3. The molecule has 0 saturated carbocycles. The van der Waals surface area contributed by atoms with Crippen molar-refractivity contribution in [2.75, 3.05) is 17.2 Å². The summed E-state index contributed by atoms with van der Waals surface area (Å²) in [6.45, 7) is 3.11. The predicted octanol–water partition coefficient (Wildman–Crippen LogP) is 4.83. The Bertz CT molecular complexity index is 1220. The second kappa shape index (κ2) is 9.03. The van der Waals surface area contributed by atoms with E-state index in [0.717, 1.165) is 13.0 Å². The van der Waals surface area contributed by atoms with Crippen molar-refractivity contribution in [3.05, 3.63) is 75.2 Å².